The molecule has 172 valence electrons. The van der Waals surface area contributed by atoms with Crippen molar-refractivity contribution in [2.45, 2.75) is 25.8 Å². The molecule has 0 radical (unpaired) electrons. The zero-order valence-electron chi connectivity index (χ0n) is 18.9. The second-order valence-corrected chi connectivity index (χ2v) is 8.54. The predicted molar refractivity (Wildman–Crippen MR) is 127 cm³/mol. The third-order valence-electron chi connectivity index (χ3n) is 6.37. The number of amides is 1. The number of aromatic nitrogens is 3. The van der Waals surface area contributed by atoms with Crippen molar-refractivity contribution in [2.24, 2.45) is 0 Å². The summed E-state index contributed by atoms with van der Waals surface area (Å²) in [5.74, 6) is 0.738. The van der Waals surface area contributed by atoms with Gasteiger partial charge >= 0.3 is 0 Å². The van der Waals surface area contributed by atoms with Crippen LogP contribution in [0, 0.1) is 0 Å². The maximum Gasteiger partial charge on any atom is 0.257 e. The first-order valence-electron chi connectivity index (χ1n) is 11.8. The summed E-state index contributed by atoms with van der Waals surface area (Å²) in [6.07, 6.45) is 6.37. The number of likely N-dealkylation sites (tertiary alicyclic amines) is 1. The normalized spacial score (nSPS) is 16.5. The second kappa shape index (κ2) is 10.2. The van der Waals surface area contributed by atoms with Crippen molar-refractivity contribution < 1.29 is 9.53 Å². The first-order valence-corrected chi connectivity index (χ1v) is 11.8. The van der Waals surface area contributed by atoms with Crippen LogP contribution in [0.4, 0.5) is 5.95 Å². The predicted octanol–water partition coefficient (Wildman–Crippen LogP) is 2.43. The average molecular weight is 447 g/mol. The van der Waals surface area contributed by atoms with Gasteiger partial charge in [-0.2, -0.15) is 0 Å². The van der Waals surface area contributed by atoms with E-state index in [0.29, 0.717) is 31.1 Å². The highest BCUT2D eigenvalue weighted by Gasteiger charge is 2.24. The number of nitrogens with zero attached hydrogens (tertiary/aromatic N) is 5. The van der Waals surface area contributed by atoms with E-state index < -0.39 is 0 Å². The molecule has 3 aromatic rings. The lowest BCUT2D eigenvalue weighted by Crippen LogP contribution is -2.38. The Hall–Kier alpha value is -3.10. The molecular weight excluding hydrogens is 416 g/mol. The number of hydrogen-bond acceptors (Lipinski definition) is 7. The SMILES string of the molecule is O=C(c1cnc(N2CCOCC2)nc1CCNCc1ccnc2ccccc12)N1CCCC1. The Balaban J connectivity index is 1.30. The highest BCUT2D eigenvalue weighted by molar-refractivity contribution is 5.95. The second-order valence-electron chi connectivity index (χ2n) is 8.54. The Bertz CT molecular complexity index is 1100. The van der Waals surface area contributed by atoms with Gasteiger partial charge in [-0.15, -0.1) is 0 Å². The zero-order valence-corrected chi connectivity index (χ0v) is 18.9. The molecule has 0 spiro atoms. The Morgan fingerprint density at radius 2 is 1.85 bits per heavy atom. The van der Waals surface area contributed by atoms with Crippen LogP contribution in [0.3, 0.4) is 0 Å². The molecule has 2 aliphatic rings. The van der Waals surface area contributed by atoms with Gasteiger partial charge in [0.1, 0.15) is 0 Å². The van der Waals surface area contributed by atoms with Gasteiger partial charge in [0, 0.05) is 63.5 Å². The summed E-state index contributed by atoms with van der Waals surface area (Å²) in [6.45, 7) is 5.98. The number of hydrogen-bond donors (Lipinski definition) is 1. The minimum absolute atomic E-state index is 0.0520. The molecule has 2 fully saturated rings. The average Bonchev–Trinajstić information content (AvgIpc) is 3.42. The number of ether oxygens (including phenoxy) is 1. The van der Waals surface area contributed by atoms with E-state index in [1.807, 2.05) is 29.3 Å². The van der Waals surface area contributed by atoms with E-state index in [1.165, 1.54) is 5.56 Å². The number of carbonyl (C=O) groups is 1. The summed E-state index contributed by atoms with van der Waals surface area (Å²) < 4.78 is 5.46. The van der Waals surface area contributed by atoms with Crippen LogP contribution >= 0.6 is 0 Å². The van der Waals surface area contributed by atoms with E-state index in [0.717, 1.165) is 68.7 Å². The molecule has 1 N–H and O–H groups in total. The van der Waals surface area contributed by atoms with Gasteiger partial charge in [-0.1, -0.05) is 18.2 Å². The van der Waals surface area contributed by atoms with E-state index in [1.54, 1.807) is 6.20 Å². The quantitative estimate of drug-likeness (QED) is 0.558. The van der Waals surface area contributed by atoms with Crippen LogP contribution in [-0.4, -0.2) is 71.7 Å². The highest BCUT2D eigenvalue weighted by atomic mass is 16.5. The fourth-order valence-electron chi connectivity index (χ4n) is 4.52. The molecule has 5 rings (SSSR count). The minimum atomic E-state index is 0.0520. The first-order chi connectivity index (χ1) is 16.3. The minimum Gasteiger partial charge on any atom is -0.378 e. The van der Waals surface area contributed by atoms with Gasteiger partial charge in [-0.3, -0.25) is 9.78 Å². The van der Waals surface area contributed by atoms with E-state index >= 15 is 0 Å². The number of carbonyl (C=O) groups excluding carboxylic acids is 1. The Labute approximate surface area is 194 Å². The summed E-state index contributed by atoms with van der Waals surface area (Å²) in [5.41, 5.74) is 3.66. The largest absolute Gasteiger partial charge is 0.378 e. The molecule has 0 unspecified atom stereocenters. The molecule has 0 bridgehead atoms. The fraction of sp³-hybridized carbons (Fsp3) is 0.440. The summed E-state index contributed by atoms with van der Waals surface area (Å²) in [4.78, 5) is 31.0. The molecule has 2 aliphatic heterocycles. The van der Waals surface area contributed by atoms with Crippen molar-refractivity contribution >= 4 is 22.8 Å². The number of fused-ring (bicyclic) bond motifs is 1. The molecule has 4 heterocycles. The summed E-state index contributed by atoms with van der Waals surface area (Å²) >= 11 is 0. The number of benzene rings is 1. The number of rotatable bonds is 7. The van der Waals surface area contributed by atoms with Crippen molar-refractivity contribution in [3.8, 4) is 0 Å². The van der Waals surface area contributed by atoms with Gasteiger partial charge in [0.2, 0.25) is 5.95 Å². The van der Waals surface area contributed by atoms with Crippen molar-refractivity contribution in [3.05, 3.63) is 59.5 Å². The smallest absolute Gasteiger partial charge is 0.257 e. The topological polar surface area (TPSA) is 83.5 Å². The lowest BCUT2D eigenvalue weighted by molar-refractivity contribution is 0.0790. The van der Waals surface area contributed by atoms with Crippen LogP contribution in [0.15, 0.2) is 42.7 Å². The molecular formula is C25H30N6O2. The van der Waals surface area contributed by atoms with Crippen molar-refractivity contribution in [3.63, 3.8) is 0 Å². The lowest BCUT2D eigenvalue weighted by Gasteiger charge is -2.27. The van der Waals surface area contributed by atoms with Gasteiger partial charge < -0.3 is 19.9 Å². The molecule has 0 saturated carbocycles. The van der Waals surface area contributed by atoms with Crippen molar-refractivity contribution in [2.75, 3.05) is 50.8 Å². The van der Waals surface area contributed by atoms with Crippen LogP contribution in [0.2, 0.25) is 0 Å². The molecule has 0 atom stereocenters. The summed E-state index contributed by atoms with van der Waals surface area (Å²) in [5, 5.41) is 4.69. The zero-order chi connectivity index (χ0) is 22.5. The van der Waals surface area contributed by atoms with Crippen LogP contribution in [0.1, 0.15) is 34.5 Å². The molecule has 8 nitrogen and oxygen atoms in total. The Kier molecular flexibility index (Phi) is 6.73. The van der Waals surface area contributed by atoms with Gasteiger partial charge in [0.05, 0.1) is 30.0 Å². The first kappa shape index (κ1) is 21.7. The standard InChI is InChI=1S/C25H30N6O2/c32-24(30-11-3-4-12-30)21-18-28-25(31-13-15-33-16-14-31)29-23(21)8-9-26-17-19-7-10-27-22-6-2-1-5-20(19)22/h1-2,5-7,10,18,26H,3-4,8-9,11-17H2. The molecule has 8 heteroatoms. The van der Waals surface area contributed by atoms with Crippen molar-refractivity contribution in [1.82, 2.24) is 25.2 Å². The van der Waals surface area contributed by atoms with Crippen molar-refractivity contribution in [1.29, 1.82) is 0 Å². The maximum atomic E-state index is 13.1. The molecule has 0 aliphatic carbocycles. The van der Waals surface area contributed by atoms with E-state index in [4.69, 9.17) is 9.72 Å². The molecule has 2 aromatic heterocycles. The maximum absolute atomic E-state index is 13.1. The van der Waals surface area contributed by atoms with Crippen LogP contribution in [0.25, 0.3) is 10.9 Å². The molecule has 1 aromatic carbocycles. The fourth-order valence-corrected chi connectivity index (χ4v) is 4.52. The molecule has 1 amide bonds. The number of anilines is 1. The molecule has 33 heavy (non-hydrogen) atoms. The number of para-hydroxylation sites is 1. The van der Waals surface area contributed by atoms with Crippen LogP contribution in [-0.2, 0) is 17.7 Å². The molecule has 2 saturated heterocycles. The Morgan fingerprint density at radius 1 is 1.03 bits per heavy atom. The number of morpholine rings is 1. The Morgan fingerprint density at radius 3 is 2.70 bits per heavy atom. The number of pyridine rings is 1. The van der Waals surface area contributed by atoms with Gasteiger partial charge in [-0.05, 0) is 30.5 Å². The van der Waals surface area contributed by atoms with E-state index in [2.05, 4.69) is 32.3 Å². The summed E-state index contributed by atoms with van der Waals surface area (Å²) in [6, 6.07) is 10.2. The third-order valence-corrected chi connectivity index (χ3v) is 6.37. The van der Waals surface area contributed by atoms with Gasteiger partial charge in [-0.25, -0.2) is 9.97 Å². The van der Waals surface area contributed by atoms with E-state index in [9.17, 15) is 4.79 Å². The van der Waals surface area contributed by atoms with Gasteiger partial charge in [0.15, 0.2) is 0 Å². The highest BCUT2D eigenvalue weighted by Crippen LogP contribution is 2.19. The monoisotopic (exact) mass is 446 g/mol. The van der Waals surface area contributed by atoms with Crippen LogP contribution in [0.5, 0.6) is 0 Å². The van der Waals surface area contributed by atoms with Crippen LogP contribution < -0.4 is 10.2 Å². The third kappa shape index (κ3) is 4.96. The summed E-state index contributed by atoms with van der Waals surface area (Å²) in [7, 11) is 0. The van der Waals surface area contributed by atoms with E-state index in [-0.39, 0.29) is 5.91 Å². The number of nitrogens with one attached hydrogen (secondary N) is 1. The lowest BCUT2D eigenvalue weighted by atomic mass is 10.1. The van der Waals surface area contributed by atoms with Gasteiger partial charge in [0.25, 0.3) is 5.91 Å².